The van der Waals surface area contributed by atoms with Gasteiger partial charge in [-0.1, -0.05) is 45.8 Å². The smallest absolute Gasteiger partial charge is 0.00617 e. The number of allylic oxidation sites excluding steroid dienone is 2. The molecule has 18 heavy (non-hydrogen) atoms. The van der Waals surface area contributed by atoms with Gasteiger partial charge in [0.05, 0.1) is 0 Å². The number of fused-ring (bicyclic) bond motifs is 2. The van der Waals surface area contributed by atoms with E-state index in [2.05, 4.69) is 41.5 Å². The zero-order valence-corrected chi connectivity index (χ0v) is 13.0. The summed E-state index contributed by atoms with van der Waals surface area (Å²) in [5.41, 5.74) is 5.90. The molecule has 1 spiro atoms. The first kappa shape index (κ1) is 11.6. The van der Waals surface area contributed by atoms with Gasteiger partial charge in [-0.25, -0.2) is 0 Å². The maximum absolute atomic E-state index is 2.65. The Morgan fingerprint density at radius 3 is 2.28 bits per heavy atom. The van der Waals surface area contributed by atoms with Gasteiger partial charge in [0, 0.05) is 0 Å². The van der Waals surface area contributed by atoms with Gasteiger partial charge in [0.2, 0.25) is 0 Å². The zero-order valence-electron chi connectivity index (χ0n) is 13.0. The maximum Gasteiger partial charge on any atom is -0.00617 e. The topological polar surface area (TPSA) is 0 Å². The van der Waals surface area contributed by atoms with Crippen molar-refractivity contribution in [3.05, 3.63) is 11.1 Å². The van der Waals surface area contributed by atoms with Crippen molar-refractivity contribution in [1.82, 2.24) is 0 Å². The molecular weight excluding hydrogens is 216 g/mol. The van der Waals surface area contributed by atoms with Gasteiger partial charge in [0.15, 0.2) is 0 Å². The van der Waals surface area contributed by atoms with E-state index in [-0.39, 0.29) is 0 Å². The van der Waals surface area contributed by atoms with Crippen LogP contribution >= 0.6 is 0 Å². The lowest BCUT2D eigenvalue weighted by molar-refractivity contribution is 0.0599. The van der Waals surface area contributed by atoms with Crippen molar-refractivity contribution in [3.8, 4) is 0 Å². The van der Waals surface area contributed by atoms with Crippen LogP contribution in [-0.4, -0.2) is 0 Å². The summed E-state index contributed by atoms with van der Waals surface area (Å²) in [6.07, 6.45) is 5.81. The lowest BCUT2D eigenvalue weighted by atomic mass is 9.62. The van der Waals surface area contributed by atoms with E-state index in [0.717, 1.165) is 11.8 Å². The third-order valence-corrected chi connectivity index (χ3v) is 8.22. The van der Waals surface area contributed by atoms with Crippen LogP contribution in [0.4, 0.5) is 0 Å². The summed E-state index contributed by atoms with van der Waals surface area (Å²) in [5, 5.41) is 0. The second-order valence-corrected chi connectivity index (χ2v) is 8.95. The molecule has 0 aromatic rings. The molecule has 4 aliphatic carbocycles. The predicted molar refractivity (Wildman–Crippen MR) is 76.3 cm³/mol. The highest BCUT2D eigenvalue weighted by molar-refractivity contribution is 5.48. The Morgan fingerprint density at radius 1 is 1.00 bits per heavy atom. The van der Waals surface area contributed by atoms with E-state index < -0.39 is 0 Å². The zero-order chi connectivity index (χ0) is 13.1. The summed E-state index contributed by atoms with van der Waals surface area (Å²) in [6, 6.07) is 0. The summed E-state index contributed by atoms with van der Waals surface area (Å²) >= 11 is 0. The molecule has 100 valence electrons. The number of hydrogen-bond acceptors (Lipinski definition) is 0. The molecular formula is C18H28. The van der Waals surface area contributed by atoms with Crippen LogP contribution < -0.4 is 0 Å². The van der Waals surface area contributed by atoms with E-state index in [9.17, 15) is 0 Å². The average Bonchev–Trinajstić information content (AvgIpc) is 2.58. The summed E-state index contributed by atoms with van der Waals surface area (Å²) < 4.78 is 0. The molecule has 3 fully saturated rings. The molecule has 0 aliphatic heterocycles. The van der Waals surface area contributed by atoms with Crippen molar-refractivity contribution < 1.29 is 0 Å². The molecule has 1 unspecified atom stereocenters. The van der Waals surface area contributed by atoms with E-state index in [4.69, 9.17) is 0 Å². The Kier molecular flexibility index (Phi) is 1.69. The Labute approximate surface area is 112 Å². The van der Waals surface area contributed by atoms with Gasteiger partial charge < -0.3 is 0 Å². The van der Waals surface area contributed by atoms with Crippen molar-refractivity contribution in [1.29, 1.82) is 0 Å². The molecule has 4 rings (SSSR count). The van der Waals surface area contributed by atoms with Crippen LogP contribution in [0.5, 0.6) is 0 Å². The first-order valence-corrected chi connectivity index (χ1v) is 7.93. The van der Waals surface area contributed by atoms with Gasteiger partial charge in [-0.3, -0.25) is 0 Å². The summed E-state index contributed by atoms with van der Waals surface area (Å²) in [6.45, 7) is 15.4. The molecule has 4 aliphatic rings. The van der Waals surface area contributed by atoms with Crippen LogP contribution in [0.3, 0.4) is 0 Å². The Balaban J connectivity index is 2.01. The molecule has 3 saturated carbocycles. The predicted octanol–water partition coefficient (Wildman–Crippen LogP) is 5.20. The molecule has 0 amide bonds. The summed E-state index contributed by atoms with van der Waals surface area (Å²) in [5.74, 6) is 1.91. The van der Waals surface area contributed by atoms with Gasteiger partial charge in [0.1, 0.15) is 0 Å². The molecule has 0 nitrogen and oxygen atoms in total. The lowest BCUT2D eigenvalue weighted by Gasteiger charge is -2.41. The number of hydrogen-bond donors (Lipinski definition) is 0. The van der Waals surface area contributed by atoms with Crippen molar-refractivity contribution in [2.24, 2.45) is 33.5 Å². The van der Waals surface area contributed by atoms with Gasteiger partial charge >= 0.3 is 0 Å². The minimum Gasteiger partial charge on any atom is -0.0732 e. The standard InChI is InChI=1S/C18H28/c1-11-7-8-12-14(11)16(4,5)18-13(15(18,2)3)9-10-17(12,18)6/h12-13H,7-10H2,1-6H3/t12?,13-,17-,18-/m0/s1. The summed E-state index contributed by atoms with van der Waals surface area (Å²) in [7, 11) is 0. The van der Waals surface area contributed by atoms with Crippen molar-refractivity contribution >= 4 is 0 Å². The van der Waals surface area contributed by atoms with Gasteiger partial charge in [0.25, 0.3) is 0 Å². The fourth-order valence-electron chi connectivity index (χ4n) is 8.38. The van der Waals surface area contributed by atoms with Crippen LogP contribution in [0.1, 0.15) is 67.2 Å². The van der Waals surface area contributed by atoms with Gasteiger partial charge in [-0.05, 0) is 66.1 Å². The van der Waals surface area contributed by atoms with Crippen LogP contribution in [0.2, 0.25) is 0 Å². The average molecular weight is 244 g/mol. The minimum atomic E-state index is 0.456. The van der Waals surface area contributed by atoms with Crippen molar-refractivity contribution in [2.45, 2.75) is 67.2 Å². The number of rotatable bonds is 0. The van der Waals surface area contributed by atoms with E-state index >= 15 is 0 Å². The highest BCUT2D eigenvalue weighted by Gasteiger charge is 2.89. The highest BCUT2D eigenvalue weighted by Crippen LogP contribution is 2.95. The SMILES string of the molecule is CC1=C2C(CC1)[C@]1(C)CC[C@H]3C(C)(C)[C@]31C2(C)C. The largest absolute Gasteiger partial charge is 0.0732 e. The quantitative estimate of drug-likeness (QED) is 0.514. The van der Waals surface area contributed by atoms with Crippen molar-refractivity contribution in [3.63, 3.8) is 0 Å². The monoisotopic (exact) mass is 244 g/mol. The molecule has 0 aromatic carbocycles. The molecule has 0 aromatic heterocycles. The fourth-order valence-corrected chi connectivity index (χ4v) is 8.38. The Bertz CT molecular complexity index is 478. The lowest BCUT2D eigenvalue weighted by Crippen LogP contribution is -2.36. The molecule has 0 radical (unpaired) electrons. The second-order valence-electron chi connectivity index (χ2n) is 8.95. The Hall–Kier alpha value is -0.260. The van der Waals surface area contributed by atoms with Gasteiger partial charge in [-0.2, -0.15) is 0 Å². The molecule has 0 N–H and O–H groups in total. The molecule has 0 heteroatoms. The van der Waals surface area contributed by atoms with E-state index in [0.29, 0.717) is 21.7 Å². The molecule has 0 heterocycles. The molecule has 0 bridgehead atoms. The third kappa shape index (κ3) is 0.745. The van der Waals surface area contributed by atoms with Crippen LogP contribution in [0, 0.1) is 33.5 Å². The first-order chi connectivity index (χ1) is 8.23. The molecule has 4 atom stereocenters. The summed E-state index contributed by atoms with van der Waals surface area (Å²) in [4.78, 5) is 0. The van der Waals surface area contributed by atoms with Crippen LogP contribution in [0.25, 0.3) is 0 Å². The van der Waals surface area contributed by atoms with E-state index in [1.807, 2.05) is 5.57 Å². The minimum absolute atomic E-state index is 0.456. The van der Waals surface area contributed by atoms with Crippen LogP contribution in [-0.2, 0) is 0 Å². The van der Waals surface area contributed by atoms with E-state index in [1.54, 1.807) is 5.57 Å². The second kappa shape index (κ2) is 2.63. The van der Waals surface area contributed by atoms with Crippen molar-refractivity contribution in [2.75, 3.05) is 0 Å². The van der Waals surface area contributed by atoms with Crippen LogP contribution in [0.15, 0.2) is 11.1 Å². The fraction of sp³-hybridized carbons (Fsp3) is 0.889. The third-order valence-electron chi connectivity index (χ3n) is 8.22. The molecule has 0 saturated heterocycles. The normalized spacial score (nSPS) is 54.3. The van der Waals surface area contributed by atoms with E-state index in [1.165, 1.54) is 25.7 Å². The maximum atomic E-state index is 2.65. The highest BCUT2D eigenvalue weighted by atomic mass is 14.9. The first-order valence-electron chi connectivity index (χ1n) is 7.93. The Morgan fingerprint density at radius 2 is 1.67 bits per heavy atom. The van der Waals surface area contributed by atoms with Gasteiger partial charge in [-0.15, -0.1) is 0 Å².